The first-order chi connectivity index (χ1) is 8.63. The second-order valence-electron chi connectivity index (χ2n) is 3.50. The van der Waals surface area contributed by atoms with Gasteiger partial charge in [-0.15, -0.1) is 0 Å². The fourth-order valence-corrected chi connectivity index (χ4v) is 1.89. The van der Waals surface area contributed by atoms with Gasteiger partial charge in [0.05, 0.1) is 18.2 Å². The predicted molar refractivity (Wildman–Crippen MR) is 69.6 cm³/mol. The maximum absolute atomic E-state index is 10.4. The first kappa shape index (κ1) is 14.4. The Morgan fingerprint density at radius 3 is 2.72 bits per heavy atom. The van der Waals surface area contributed by atoms with E-state index in [4.69, 9.17) is 20.8 Å². The molecule has 0 bridgehead atoms. The van der Waals surface area contributed by atoms with Crippen LogP contribution in [0.15, 0.2) is 24.3 Å². The standard InChI is InChI=1S/C12H14N2O3S/c13-7-9-1-3-10(4-2-9)17-5-6-18-8-11(14)12(15)16/h1-4,11H,5-6,8,14H2,(H,15,16)/t11-/m1/s1. The maximum Gasteiger partial charge on any atom is 0.321 e. The molecule has 96 valence electrons. The summed E-state index contributed by atoms with van der Waals surface area (Å²) in [7, 11) is 0. The molecule has 6 heteroatoms. The van der Waals surface area contributed by atoms with Gasteiger partial charge in [0, 0.05) is 11.5 Å². The average molecular weight is 266 g/mol. The number of aliphatic carboxylic acids is 1. The van der Waals surface area contributed by atoms with Gasteiger partial charge in [0.2, 0.25) is 0 Å². The van der Waals surface area contributed by atoms with E-state index in [1.807, 2.05) is 6.07 Å². The van der Waals surface area contributed by atoms with Crippen molar-refractivity contribution in [1.29, 1.82) is 5.26 Å². The van der Waals surface area contributed by atoms with Crippen molar-refractivity contribution in [2.24, 2.45) is 5.73 Å². The highest BCUT2D eigenvalue weighted by atomic mass is 32.2. The van der Waals surface area contributed by atoms with Crippen LogP contribution in [0, 0.1) is 11.3 Å². The topological polar surface area (TPSA) is 96.3 Å². The van der Waals surface area contributed by atoms with Gasteiger partial charge in [-0.25, -0.2) is 0 Å². The molecule has 1 atom stereocenters. The number of thioether (sulfide) groups is 1. The number of benzene rings is 1. The van der Waals surface area contributed by atoms with Crippen molar-refractivity contribution in [3.63, 3.8) is 0 Å². The van der Waals surface area contributed by atoms with Crippen LogP contribution in [0.2, 0.25) is 0 Å². The van der Waals surface area contributed by atoms with Crippen molar-refractivity contribution in [1.82, 2.24) is 0 Å². The molecule has 18 heavy (non-hydrogen) atoms. The van der Waals surface area contributed by atoms with E-state index in [-0.39, 0.29) is 0 Å². The molecular weight excluding hydrogens is 252 g/mol. The van der Waals surface area contributed by atoms with E-state index in [0.717, 1.165) is 0 Å². The molecule has 3 N–H and O–H groups in total. The van der Waals surface area contributed by atoms with Crippen LogP contribution in [0.5, 0.6) is 5.75 Å². The van der Waals surface area contributed by atoms with Crippen LogP contribution in [0.3, 0.4) is 0 Å². The SMILES string of the molecule is N#Cc1ccc(OCCSC[C@@H](N)C(=O)O)cc1. The van der Waals surface area contributed by atoms with E-state index < -0.39 is 12.0 Å². The van der Waals surface area contributed by atoms with Crippen molar-refractivity contribution in [2.75, 3.05) is 18.1 Å². The van der Waals surface area contributed by atoms with Crippen molar-refractivity contribution in [3.05, 3.63) is 29.8 Å². The molecule has 0 aliphatic carbocycles. The lowest BCUT2D eigenvalue weighted by Gasteiger charge is -2.07. The molecule has 1 rings (SSSR count). The fraction of sp³-hybridized carbons (Fsp3) is 0.333. The Kier molecular flexibility index (Phi) is 6.05. The highest BCUT2D eigenvalue weighted by Gasteiger charge is 2.10. The van der Waals surface area contributed by atoms with Crippen molar-refractivity contribution in [3.8, 4) is 11.8 Å². The van der Waals surface area contributed by atoms with E-state index >= 15 is 0 Å². The van der Waals surface area contributed by atoms with E-state index in [1.165, 1.54) is 11.8 Å². The van der Waals surface area contributed by atoms with Gasteiger partial charge in [-0.3, -0.25) is 4.79 Å². The molecule has 0 aliphatic heterocycles. The van der Waals surface area contributed by atoms with E-state index in [1.54, 1.807) is 24.3 Å². The average Bonchev–Trinajstić information content (AvgIpc) is 2.38. The van der Waals surface area contributed by atoms with E-state index in [2.05, 4.69) is 0 Å². The zero-order valence-electron chi connectivity index (χ0n) is 9.70. The van der Waals surface area contributed by atoms with Gasteiger partial charge in [-0.2, -0.15) is 17.0 Å². The monoisotopic (exact) mass is 266 g/mol. The number of ether oxygens (including phenoxy) is 1. The molecule has 0 spiro atoms. The zero-order chi connectivity index (χ0) is 13.4. The Hall–Kier alpha value is -1.71. The number of carboxylic acids is 1. The van der Waals surface area contributed by atoms with Crippen LogP contribution in [-0.4, -0.2) is 35.2 Å². The summed E-state index contributed by atoms with van der Waals surface area (Å²) >= 11 is 1.43. The van der Waals surface area contributed by atoms with Crippen molar-refractivity contribution >= 4 is 17.7 Å². The lowest BCUT2D eigenvalue weighted by atomic mass is 10.2. The number of carbonyl (C=O) groups is 1. The van der Waals surface area contributed by atoms with Gasteiger partial charge in [0.25, 0.3) is 0 Å². The summed E-state index contributed by atoms with van der Waals surface area (Å²) in [4.78, 5) is 10.4. The summed E-state index contributed by atoms with van der Waals surface area (Å²) in [5.41, 5.74) is 5.94. The summed E-state index contributed by atoms with van der Waals surface area (Å²) in [6.07, 6.45) is 0. The minimum atomic E-state index is -0.990. The highest BCUT2D eigenvalue weighted by Crippen LogP contribution is 2.12. The van der Waals surface area contributed by atoms with Gasteiger partial charge in [0.1, 0.15) is 11.8 Å². The Morgan fingerprint density at radius 1 is 1.50 bits per heavy atom. The second-order valence-corrected chi connectivity index (χ2v) is 4.65. The summed E-state index contributed by atoms with van der Waals surface area (Å²) in [6, 6.07) is 8.02. The smallest absolute Gasteiger partial charge is 0.321 e. The predicted octanol–water partition coefficient (Wildman–Crippen LogP) is 1.08. The summed E-state index contributed by atoms with van der Waals surface area (Å²) in [6.45, 7) is 0.475. The molecule has 1 aromatic rings. The molecule has 0 radical (unpaired) electrons. The normalized spacial score (nSPS) is 11.6. The van der Waals surface area contributed by atoms with E-state index in [9.17, 15) is 4.79 Å². The number of nitrogens with zero attached hydrogens (tertiary/aromatic N) is 1. The highest BCUT2D eigenvalue weighted by molar-refractivity contribution is 7.99. The van der Waals surface area contributed by atoms with Crippen LogP contribution >= 0.6 is 11.8 Å². The van der Waals surface area contributed by atoms with Crippen LogP contribution in [-0.2, 0) is 4.79 Å². The first-order valence-corrected chi connectivity index (χ1v) is 6.48. The quantitative estimate of drug-likeness (QED) is 0.717. The molecule has 0 fully saturated rings. The maximum atomic E-state index is 10.4. The molecule has 0 saturated carbocycles. The number of hydrogen-bond acceptors (Lipinski definition) is 5. The van der Waals surface area contributed by atoms with Gasteiger partial charge in [-0.1, -0.05) is 0 Å². The largest absolute Gasteiger partial charge is 0.493 e. The van der Waals surface area contributed by atoms with Crippen molar-refractivity contribution < 1.29 is 14.6 Å². The van der Waals surface area contributed by atoms with Gasteiger partial charge < -0.3 is 15.6 Å². The summed E-state index contributed by atoms with van der Waals surface area (Å²) in [5, 5.41) is 17.2. The molecule has 0 saturated heterocycles. The number of nitrogens with two attached hydrogens (primary N) is 1. The number of hydrogen-bond donors (Lipinski definition) is 2. The lowest BCUT2D eigenvalue weighted by Crippen LogP contribution is -2.32. The summed E-state index contributed by atoms with van der Waals surface area (Å²) < 4.78 is 5.43. The molecule has 5 nitrogen and oxygen atoms in total. The third-order valence-corrected chi connectivity index (χ3v) is 3.14. The minimum absolute atomic E-state index is 0.367. The van der Waals surface area contributed by atoms with Gasteiger partial charge in [0.15, 0.2) is 0 Å². The molecule has 0 unspecified atom stereocenters. The number of carboxylic acid groups (broad SMARTS) is 1. The number of rotatable bonds is 7. The Labute approximate surface area is 110 Å². The molecule has 0 amide bonds. The fourth-order valence-electron chi connectivity index (χ4n) is 1.13. The van der Waals surface area contributed by atoms with Crippen LogP contribution < -0.4 is 10.5 Å². The zero-order valence-corrected chi connectivity index (χ0v) is 10.5. The molecular formula is C12H14N2O3S. The molecule has 0 aromatic heterocycles. The minimum Gasteiger partial charge on any atom is -0.493 e. The Balaban J connectivity index is 2.18. The van der Waals surface area contributed by atoms with Gasteiger partial charge in [-0.05, 0) is 24.3 Å². The van der Waals surface area contributed by atoms with Crippen molar-refractivity contribution in [2.45, 2.75) is 6.04 Å². The first-order valence-electron chi connectivity index (χ1n) is 5.32. The Bertz CT molecular complexity index is 428. The molecule has 0 aliphatic rings. The third-order valence-electron chi connectivity index (χ3n) is 2.09. The van der Waals surface area contributed by atoms with Gasteiger partial charge >= 0.3 is 5.97 Å². The summed E-state index contributed by atoms with van der Waals surface area (Å²) in [5.74, 6) is 0.736. The molecule has 1 aromatic carbocycles. The van der Waals surface area contributed by atoms with Crippen LogP contribution in [0.25, 0.3) is 0 Å². The van der Waals surface area contributed by atoms with Crippen LogP contribution in [0.1, 0.15) is 5.56 Å². The lowest BCUT2D eigenvalue weighted by molar-refractivity contribution is -0.137. The third kappa shape index (κ3) is 5.08. The van der Waals surface area contributed by atoms with Crippen LogP contribution in [0.4, 0.5) is 0 Å². The number of nitriles is 1. The van der Waals surface area contributed by atoms with E-state index in [0.29, 0.717) is 29.4 Å². The Morgan fingerprint density at radius 2 is 2.17 bits per heavy atom. The molecule has 0 heterocycles. The second kappa shape index (κ2) is 7.58.